The minimum Gasteiger partial charge on any atom is -0.376 e. The molecule has 0 bridgehead atoms. The van der Waals surface area contributed by atoms with Crippen molar-refractivity contribution in [2.75, 3.05) is 13.5 Å². The molecule has 0 saturated heterocycles. The van der Waals surface area contributed by atoms with Crippen LogP contribution in [0, 0.1) is 0 Å². The molecule has 0 unspecified atom stereocenters. The van der Waals surface area contributed by atoms with Gasteiger partial charge in [-0.05, 0) is 11.1 Å². The van der Waals surface area contributed by atoms with Gasteiger partial charge in [-0.25, -0.2) is 0 Å². The lowest BCUT2D eigenvalue weighted by Gasteiger charge is -2.22. The van der Waals surface area contributed by atoms with Crippen LogP contribution in [0.1, 0.15) is 11.1 Å². The van der Waals surface area contributed by atoms with Gasteiger partial charge in [-0.2, -0.15) is 0 Å². The number of fused-ring (bicyclic) bond motifs is 1. The molecule has 0 saturated carbocycles. The smallest absolute Gasteiger partial charge is 0.263 e. The van der Waals surface area contributed by atoms with Gasteiger partial charge in [0.05, 0.1) is 22.5 Å². The second kappa shape index (κ2) is 6.25. The summed E-state index contributed by atoms with van der Waals surface area (Å²) in [6.07, 6.45) is 0. The summed E-state index contributed by atoms with van der Waals surface area (Å²) in [4.78, 5) is 28.4. The van der Waals surface area contributed by atoms with Gasteiger partial charge in [0.1, 0.15) is 13.5 Å². The van der Waals surface area contributed by atoms with Gasteiger partial charge in [0.2, 0.25) is 0 Å². The number of carbonyl (C=O) groups excluding carboxylic acids is 2. The van der Waals surface area contributed by atoms with Crippen molar-refractivity contribution >= 4 is 23.2 Å². The molecule has 6 nitrogen and oxygen atoms in total. The summed E-state index contributed by atoms with van der Waals surface area (Å²) in [6.45, 7) is -1.07. The maximum Gasteiger partial charge on any atom is 0.263 e. The number of benzene rings is 2. The van der Waals surface area contributed by atoms with Crippen LogP contribution in [0.25, 0.3) is 11.4 Å². The fourth-order valence-corrected chi connectivity index (χ4v) is 3.46. The summed E-state index contributed by atoms with van der Waals surface area (Å²) in [5.74, 6) is -0.908. The van der Waals surface area contributed by atoms with E-state index in [-0.39, 0.29) is 11.1 Å². The Morgan fingerprint density at radius 2 is 0.962 bits per heavy atom. The standard InChI is InChI=1S/C20H16N2O4/c23-11-21-17(13-7-3-1-4-8-13)15-16(20(21)26)18(22(12-24)19(15)25)14-9-5-2-6-10-14/h1-10,23-24H,11-12H2. The first kappa shape index (κ1) is 16.3. The molecular weight excluding hydrogens is 332 g/mol. The Hall–Kier alpha value is -3.22. The van der Waals surface area contributed by atoms with Gasteiger partial charge in [-0.1, -0.05) is 60.7 Å². The minimum atomic E-state index is -0.537. The predicted molar refractivity (Wildman–Crippen MR) is 94.6 cm³/mol. The summed E-state index contributed by atoms with van der Waals surface area (Å²) in [7, 11) is 0. The van der Waals surface area contributed by atoms with E-state index in [1.54, 1.807) is 48.5 Å². The molecule has 6 heteroatoms. The molecule has 2 aliphatic heterocycles. The van der Waals surface area contributed by atoms with Crippen molar-refractivity contribution in [1.29, 1.82) is 0 Å². The van der Waals surface area contributed by atoms with E-state index < -0.39 is 25.3 Å². The van der Waals surface area contributed by atoms with E-state index in [0.29, 0.717) is 22.5 Å². The maximum atomic E-state index is 13.0. The van der Waals surface area contributed by atoms with E-state index >= 15 is 0 Å². The summed E-state index contributed by atoms with van der Waals surface area (Å²) in [5, 5.41) is 19.5. The number of aliphatic hydroxyl groups excluding tert-OH is 2. The zero-order valence-electron chi connectivity index (χ0n) is 13.8. The highest BCUT2D eigenvalue weighted by Crippen LogP contribution is 2.45. The lowest BCUT2D eigenvalue weighted by molar-refractivity contribution is -0.126. The lowest BCUT2D eigenvalue weighted by atomic mass is 10.0. The second-order valence-corrected chi connectivity index (χ2v) is 5.93. The molecule has 4 rings (SSSR count). The average molecular weight is 348 g/mol. The maximum absolute atomic E-state index is 13.0. The molecule has 2 aromatic rings. The number of amides is 2. The Balaban J connectivity index is 2.03. The molecule has 2 heterocycles. The SMILES string of the molecule is O=C1C2=C(c3ccccc3)N(CO)C(=O)C2=C(c2ccccc2)N1CO. The Labute approximate surface area is 149 Å². The van der Waals surface area contributed by atoms with Gasteiger partial charge >= 0.3 is 0 Å². The van der Waals surface area contributed by atoms with Gasteiger partial charge in [0, 0.05) is 0 Å². The average Bonchev–Trinajstić information content (AvgIpc) is 3.14. The zero-order chi connectivity index (χ0) is 18.3. The fraction of sp³-hybridized carbons (Fsp3) is 0.100. The summed E-state index contributed by atoms with van der Waals surface area (Å²) in [6, 6.07) is 18.0. The van der Waals surface area contributed by atoms with Crippen molar-refractivity contribution in [2.24, 2.45) is 0 Å². The first-order valence-electron chi connectivity index (χ1n) is 8.14. The van der Waals surface area contributed by atoms with Gasteiger partial charge in [0.25, 0.3) is 11.8 Å². The molecule has 2 N–H and O–H groups in total. The predicted octanol–water partition coefficient (Wildman–Crippen LogP) is 1.39. The highest BCUT2D eigenvalue weighted by molar-refractivity contribution is 6.30. The molecule has 2 aromatic carbocycles. The van der Waals surface area contributed by atoms with E-state index in [1.165, 1.54) is 9.80 Å². The van der Waals surface area contributed by atoms with Crippen LogP contribution < -0.4 is 0 Å². The first-order valence-corrected chi connectivity index (χ1v) is 8.14. The van der Waals surface area contributed by atoms with E-state index in [1.807, 2.05) is 12.1 Å². The van der Waals surface area contributed by atoms with Crippen LogP contribution in [0.15, 0.2) is 71.8 Å². The molecular formula is C20H16N2O4. The molecule has 0 aromatic heterocycles. The number of rotatable bonds is 4. The van der Waals surface area contributed by atoms with Crippen LogP contribution in [0.4, 0.5) is 0 Å². The Kier molecular flexibility index (Phi) is 3.91. The van der Waals surface area contributed by atoms with Gasteiger partial charge in [0.15, 0.2) is 0 Å². The molecule has 0 spiro atoms. The summed E-state index contributed by atoms with van der Waals surface area (Å²) >= 11 is 0. The Bertz CT molecular complexity index is 869. The molecule has 2 amide bonds. The molecule has 26 heavy (non-hydrogen) atoms. The third-order valence-corrected chi connectivity index (χ3v) is 4.56. The van der Waals surface area contributed by atoms with Crippen molar-refractivity contribution in [1.82, 2.24) is 9.80 Å². The number of nitrogens with zero attached hydrogens (tertiary/aromatic N) is 2. The third-order valence-electron chi connectivity index (χ3n) is 4.56. The molecule has 130 valence electrons. The monoisotopic (exact) mass is 348 g/mol. The third kappa shape index (κ3) is 2.20. The highest BCUT2D eigenvalue weighted by atomic mass is 16.3. The van der Waals surface area contributed by atoms with Gasteiger partial charge in [-0.3, -0.25) is 19.4 Å². The van der Waals surface area contributed by atoms with Crippen LogP contribution in [0.5, 0.6) is 0 Å². The van der Waals surface area contributed by atoms with Crippen LogP contribution in [-0.4, -0.2) is 45.3 Å². The summed E-state index contributed by atoms with van der Waals surface area (Å²) in [5.41, 5.74) is 2.46. The minimum absolute atomic E-state index is 0.211. The van der Waals surface area contributed by atoms with Crippen molar-refractivity contribution in [3.8, 4) is 0 Å². The molecule has 2 aliphatic rings. The van der Waals surface area contributed by atoms with Gasteiger partial charge < -0.3 is 10.2 Å². The van der Waals surface area contributed by atoms with Crippen molar-refractivity contribution in [3.63, 3.8) is 0 Å². The Morgan fingerprint density at radius 1 is 0.615 bits per heavy atom. The lowest BCUT2D eigenvalue weighted by Crippen LogP contribution is -2.30. The van der Waals surface area contributed by atoms with Crippen molar-refractivity contribution in [3.05, 3.63) is 82.9 Å². The molecule has 0 radical (unpaired) electrons. The number of aliphatic hydroxyl groups is 2. The van der Waals surface area contributed by atoms with Crippen LogP contribution in [0.3, 0.4) is 0 Å². The van der Waals surface area contributed by atoms with Crippen molar-refractivity contribution < 1.29 is 19.8 Å². The van der Waals surface area contributed by atoms with Crippen LogP contribution in [0.2, 0.25) is 0 Å². The normalized spacial score (nSPS) is 16.8. The topological polar surface area (TPSA) is 81.1 Å². The molecule has 0 aliphatic carbocycles. The second-order valence-electron chi connectivity index (χ2n) is 5.93. The van der Waals surface area contributed by atoms with Crippen LogP contribution >= 0.6 is 0 Å². The largest absolute Gasteiger partial charge is 0.376 e. The first-order chi connectivity index (χ1) is 12.7. The van der Waals surface area contributed by atoms with Gasteiger partial charge in [-0.15, -0.1) is 0 Å². The van der Waals surface area contributed by atoms with E-state index in [4.69, 9.17) is 0 Å². The van der Waals surface area contributed by atoms with E-state index in [9.17, 15) is 19.8 Å². The zero-order valence-corrected chi connectivity index (χ0v) is 13.8. The van der Waals surface area contributed by atoms with Crippen LogP contribution in [-0.2, 0) is 9.59 Å². The summed E-state index contributed by atoms with van der Waals surface area (Å²) < 4.78 is 0. The highest BCUT2D eigenvalue weighted by Gasteiger charge is 2.48. The number of carbonyl (C=O) groups is 2. The number of hydrogen-bond acceptors (Lipinski definition) is 4. The Morgan fingerprint density at radius 3 is 1.27 bits per heavy atom. The quantitative estimate of drug-likeness (QED) is 0.875. The van der Waals surface area contributed by atoms with E-state index in [0.717, 1.165) is 0 Å². The fourth-order valence-electron chi connectivity index (χ4n) is 3.46. The molecule has 0 fully saturated rings. The van der Waals surface area contributed by atoms with E-state index in [2.05, 4.69) is 0 Å². The molecule has 0 atom stereocenters. The number of hydrogen-bond donors (Lipinski definition) is 2. The van der Waals surface area contributed by atoms with Crippen molar-refractivity contribution in [2.45, 2.75) is 0 Å².